The highest BCUT2D eigenvalue weighted by molar-refractivity contribution is 6.10. The average molecular weight is 415 g/mol. The van der Waals surface area contributed by atoms with E-state index >= 15 is 0 Å². The van der Waals surface area contributed by atoms with Gasteiger partial charge in [-0.05, 0) is 53.9 Å². The van der Waals surface area contributed by atoms with Crippen molar-refractivity contribution in [1.29, 1.82) is 0 Å². The Morgan fingerprint density at radius 2 is 1.68 bits per heavy atom. The number of hydrogen-bond donors (Lipinski definition) is 3. The summed E-state index contributed by atoms with van der Waals surface area (Å²) in [7, 11) is 0. The van der Waals surface area contributed by atoms with E-state index in [4.69, 9.17) is 0 Å². The minimum atomic E-state index is -0.337. The first kappa shape index (κ1) is 21.7. The third-order valence-electron chi connectivity index (χ3n) is 4.42. The van der Waals surface area contributed by atoms with Crippen molar-refractivity contribution in [2.45, 2.75) is 26.8 Å². The van der Waals surface area contributed by atoms with Crippen LogP contribution in [0.2, 0.25) is 0 Å². The Morgan fingerprint density at radius 3 is 2.39 bits per heavy atom. The number of anilines is 2. The Morgan fingerprint density at radius 1 is 0.935 bits per heavy atom. The first-order valence-corrected chi connectivity index (χ1v) is 10.0. The lowest BCUT2D eigenvalue weighted by molar-refractivity contribution is -0.114. The maximum atomic E-state index is 12.9. The first-order chi connectivity index (χ1) is 15.0. The van der Waals surface area contributed by atoms with Crippen LogP contribution in [0.4, 0.5) is 11.4 Å². The first-order valence-electron chi connectivity index (χ1n) is 10.0. The van der Waals surface area contributed by atoms with Crippen molar-refractivity contribution in [3.8, 4) is 0 Å². The highest BCUT2D eigenvalue weighted by Gasteiger charge is 2.11. The van der Waals surface area contributed by atoms with Gasteiger partial charge in [0.25, 0.3) is 5.91 Å². The minimum Gasteiger partial charge on any atom is -0.326 e. The third kappa shape index (κ3) is 6.78. The van der Waals surface area contributed by atoms with E-state index < -0.39 is 0 Å². The van der Waals surface area contributed by atoms with E-state index in [0.29, 0.717) is 23.8 Å². The molecule has 0 saturated carbocycles. The Bertz CT molecular complexity index is 1080. The van der Waals surface area contributed by atoms with Crippen LogP contribution in [0.5, 0.6) is 0 Å². The van der Waals surface area contributed by atoms with Crippen LogP contribution in [0, 0.1) is 0 Å². The Balaban J connectivity index is 1.81. The minimum absolute atomic E-state index is 0.200. The number of carbonyl (C=O) groups is 2. The molecule has 0 spiro atoms. The smallest absolute Gasteiger partial charge is 0.258 e. The molecule has 3 aromatic rings. The largest absolute Gasteiger partial charge is 0.326 e. The van der Waals surface area contributed by atoms with Gasteiger partial charge in [-0.2, -0.15) is 0 Å². The fourth-order valence-corrected chi connectivity index (χ4v) is 2.90. The standard InChI is InChI=1S/C24H25N5O2/c1-3-18-7-4-10-21(13-18)28-24(26-16-19-8-6-12-25-15-19)29-23(31)20-9-5-11-22(14-20)27-17(2)30/h4-15H,3,16H2,1-2H3,(H,27,30)(H2,26,28,29,31). The molecule has 1 aromatic heterocycles. The molecular weight excluding hydrogens is 390 g/mol. The van der Waals surface area contributed by atoms with Gasteiger partial charge in [0, 0.05) is 36.3 Å². The van der Waals surface area contributed by atoms with Crippen molar-refractivity contribution >= 4 is 29.1 Å². The van der Waals surface area contributed by atoms with Crippen molar-refractivity contribution in [3.05, 3.63) is 89.7 Å². The molecule has 0 saturated heterocycles. The van der Waals surface area contributed by atoms with Gasteiger partial charge in [0.2, 0.25) is 11.9 Å². The van der Waals surface area contributed by atoms with E-state index in [9.17, 15) is 9.59 Å². The van der Waals surface area contributed by atoms with Crippen LogP contribution in [0.3, 0.4) is 0 Å². The number of aryl methyl sites for hydroxylation is 1. The van der Waals surface area contributed by atoms with Crippen LogP contribution in [0.1, 0.15) is 35.3 Å². The van der Waals surface area contributed by atoms with Gasteiger partial charge in [0.15, 0.2) is 0 Å². The second-order valence-corrected chi connectivity index (χ2v) is 6.92. The van der Waals surface area contributed by atoms with Gasteiger partial charge >= 0.3 is 0 Å². The lowest BCUT2D eigenvalue weighted by Gasteiger charge is -2.13. The van der Waals surface area contributed by atoms with Gasteiger partial charge in [-0.15, -0.1) is 0 Å². The number of hydrogen-bond acceptors (Lipinski definition) is 4. The van der Waals surface area contributed by atoms with Crippen LogP contribution >= 0.6 is 0 Å². The van der Waals surface area contributed by atoms with E-state index in [-0.39, 0.29) is 11.8 Å². The van der Waals surface area contributed by atoms with Gasteiger partial charge in [0.1, 0.15) is 0 Å². The summed E-state index contributed by atoms with van der Waals surface area (Å²) in [5.74, 6) is -0.211. The van der Waals surface area contributed by atoms with Crippen molar-refractivity contribution < 1.29 is 9.59 Å². The van der Waals surface area contributed by atoms with Gasteiger partial charge in [-0.1, -0.05) is 31.2 Å². The second kappa shape index (κ2) is 10.7. The Kier molecular flexibility index (Phi) is 7.48. The molecule has 0 fully saturated rings. The number of pyridine rings is 1. The van der Waals surface area contributed by atoms with Gasteiger partial charge < -0.3 is 10.6 Å². The predicted octanol–water partition coefficient (Wildman–Crippen LogP) is 4.00. The molecule has 1 heterocycles. The third-order valence-corrected chi connectivity index (χ3v) is 4.42. The highest BCUT2D eigenvalue weighted by Crippen LogP contribution is 2.13. The molecule has 7 nitrogen and oxygen atoms in total. The monoisotopic (exact) mass is 415 g/mol. The highest BCUT2D eigenvalue weighted by atomic mass is 16.2. The number of carbonyl (C=O) groups excluding carboxylic acids is 2. The van der Waals surface area contributed by atoms with E-state index in [1.54, 1.807) is 36.7 Å². The maximum Gasteiger partial charge on any atom is 0.258 e. The molecule has 3 rings (SSSR count). The number of benzene rings is 2. The predicted molar refractivity (Wildman–Crippen MR) is 123 cm³/mol. The molecule has 2 amide bonds. The zero-order valence-electron chi connectivity index (χ0n) is 17.6. The number of amides is 2. The lowest BCUT2D eigenvalue weighted by atomic mass is 10.1. The molecule has 158 valence electrons. The molecule has 3 N–H and O–H groups in total. The quantitative estimate of drug-likeness (QED) is 0.419. The zero-order chi connectivity index (χ0) is 22.1. The topological polar surface area (TPSA) is 95.5 Å². The zero-order valence-corrected chi connectivity index (χ0v) is 17.6. The number of rotatable bonds is 6. The van der Waals surface area contributed by atoms with Crippen LogP contribution < -0.4 is 16.0 Å². The van der Waals surface area contributed by atoms with E-state index in [1.165, 1.54) is 12.5 Å². The Hall–Kier alpha value is -4.00. The SMILES string of the molecule is CCc1cccc(NC(=NCc2cccnc2)NC(=O)c2cccc(NC(C)=O)c2)c1. The fraction of sp³-hybridized carbons (Fsp3) is 0.167. The van der Waals surface area contributed by atoms with Gasteiger partial charge in [-0.25, -0.2) is 4.99 Å². The summed E-state index contributed by atoms with van der Waals surface area (Å²) in [5.41, 5.74) is 3.88. The molecule has 0 radical (unpaired) electrons. The van der Waals surface area contributed by atoms with Crippen molar-refractivity contribution in [1.82, 2.24) is 10.3 Å². The second-order valence-electron chi connectivity index (χ2n) is 6.92. The normalized spacial score (nSPS) is 11.0. The van der Waals surface area contributed by atoms with Crippen molar-refractivity contribution in [3.63, 3.8) is 0 Å². The number of aromatic nitrogens is 1. The van der Waals surface area contributed by atoms with E-state index in [1.807, 2.05) is 36.4 Å². The van der Waals surface area contributed by atoms with Gasteiger partial charge in [0.05, 0.1) is 6.54 Å². The molecule has 0 aliphatic rings. The molecule has 0 atom stereocenters. The van der Waals surface area contributed by atoms with E-state index in [2.05, 4.69) is 32.9 Å². The number of guanidine groups is 1. The molecule has 2 aromatic carbocycles. The fourth-order valence-electron chi connectivity index (χ4n) is 2.90. The number of nitrogens with zero attached hydrogens (tertiary/aromatic N) is 2. The van der Waals surface area contributed by atoms with Crippen molar-refractivity contribution in [2.24, 2.45) is 4.99 Å². The molecular formula is C24H25N5O2. The summed E-state index contributed by atoms with van der Waals surface area (Å²) in [6.07, 6.45) is 4.34. The molecule has 0 aliphatic carbocycles. The summed E-state index contributed by atoms with van der Waals surface area (Å²) in [5, 5.41) is 8.72. The molecule has 0 bridgehead atoms. The summed E-state index contributed by atoms with van der Waals surface area (Å²) >= 11 is 0. The number of aliphatic imine (C=N–C) groups is 1. The number of nitrogens with one attached hydrogen (secondary N) is 3. The van der Waals surface area contributed by atoms with Gasteiger partial charge in [-0.3, -0.25) is 19.9 Å². The van der Waals surface area contributed by atoms with Crippen LogP contribution in [0.25, 0.3) is 0 Å². The lowest BCUT2D eigenvalue weighted by Crippen LogP contribution is -2.36. The van der Waals surface area contributed by atoms with E-state index in [0.717, 1.165) is 17.7 Å². The molecule has 0 aliphatic heterocycles. The summed E-state index contributed by atoms with van der Waals surface area (Å²) < 4.78 is 0. The summed E-state index contributed by atoms with van der Waals surface area (Å²) in [6.45, 7) is 3.86. The van der Waals surface area contributed by atoms with Crippen LogP contribution in [-0.4, -0.2) is 22.8 Å². The maximum absolute atomic E-state index is 12.9. The molecule has 31 heavy (non-hydrogen) atoms. The average Bonchev–Trinajstić information content (AvgIpc) is 2.78. The molecule has 7 heteroatoms. The summed E-state index contributed by atoms with van der Waals surface area (Å²) in [6, 6.07) is 18.4. The van der Waals surface area contributed by atoms with Crippen molar-refractivity contribution in [2.75, 3.05) is 10.6 Å². The van der Waals surface area contributed by atoms with Crippen LogP contribution in [0.15, 0.2) is 78.0 Å². The van der Waals surface area contributed by atoms with Crippen LogP contribution in [-0.2, 0) is 17.8 Å². The Labute approximate surface area is 181 Å². The molecule has 0 unspecified atom stereocenters. The summed E-state index contributed by atoms with van der Waals surface area (Å²) in [4.78, 5) is 32.8.